The van der Waals surface area contributed by atoms with Crippen molar-refractivity contribution in [2.45, 2.75) is 20.0 Å². The van der Waals surface area contributed by atoms with Gasteiger partial charge in [-0.2, -0.15) is 0 Å². The Bertz CT molecular complexity index is 751. The highest BCUT2D eigenvalue weighted by Crippen LogP contribution is 2.20. The van der Waals surface area contributed by atoms with Gasteiger partial charge in [0.15, 0.2) is 4.77 Å². The summed E-state index contributed by atoms with van der Waals surface area (Å²) in [6.45, 7) is 5.02. The zero-order chi connectivity index (χ0) is 14.8. The number of H-pyrrole nitrogens is 1. The Balaban J connectivity index is 2.05. The van der Waals surface area contributed by atoms with E-state index in [4.69, 9.17) is 12.2 Å². The fourth-order valence-electron chi connectivity index (χ4n) is 2.57. The third-order valence-electron chi connectivity index (χ3n) is 3.78. The van der Waals surface area contributed by atoms with Crippen LogP contribution >= 0.6 is 12.2 Å². The number of nitrogens with zero attached hydrogens (tertiary/aromatic N) is 2. The maximum absolute atomic E-state index is 12.1. The van der Waals surface area contributed by atoms with Crippen molar-refractivity contribution in [3.63, 3.8) is 0 Å². The largest absolute Gasteiger partial charge is 0.358 e. The van der Waals surface area contributed by atoms with Crippen molar-refractivity contribution in [1.29, 1.82) is 0 Å². The van der Waals surface area contributed by atoms with E-state index in [0.29, 0.717) is 17.9 Å². The standard InChI is InChI=1S/C15H18N4OS/c1-2-18-9-12-13(16-10-18)19(15(21)17-14(12)20)8-11-6-4-3-5-7-11/h3-7,16H,2,8-10H2,1H3,(H,17,20,21). The van der Waals surface area contributed by atoms with Crippen LogP contribution in [0.2, 0.25) is 0 Å². The topological polar surface area (TPSA) is 53.1 Å². The Hall–Kier alpha value is -1.92. The van der Waals surface area contributed by atoms with Crippen LogP contribution in [0.3, 0.4) is 0 Å². The molecule has 1 aromatic carbocycles. The third kappa shape index (κ3) is 2.77. The molecule has 2 heterocycles. The molecule has 0 radical (unpaired) electrons. The van der Waals surface area contributed by atoms with Crippen molar-refractivity contribution >= 4 is 18.0 Å². The van der Waals surface area contributed by atoms with Crippen LogP contribution in [0, 0.1) is 4.77 Å². The zero-order valence-corrected chi connectivity index (χ0v) is 12.7. The molecule has 0 bridgehead atoms. The Morgan fingerprint density at radius 2 is 2.05 bits per heavy atom. The first-order chi connectivity index (χ1) is 10.2. The van der Waals surface area contributed by atoms with E-state index in [9.17, 15) is 4.79 Å². The molecule has 0 amide bonds. The quantitative estimate of drug-likeness (QED) is 0.853. The van der Waals surface area contributed by atoms with E-state index in [-0.39, 0.29) is 5.56 Å². The molecular weight excluding hydrogens is 284 g/mol. The first-order valence-electron chi connectivity index (χ1n) is 7.05. The van der Waals surface area contributed by atoms with Crippen LogP contribution in [-0.4, -0.2) is 27.7 Å². The van der Waals surface area contributed by atoms with Gasteiger partial charge in [-0.15, -0.1) is 0 Å². The van der Waals surface area contributed by atoms with Gasteiger partial charge in [-0.3, -0.25) is 14.7 Å². The number of aromatic nitrogens is 2. The van der Waals surface area contributed by atoms with Crippen molar-refractivity contribution < 1.29 is 0 Å². The smallest absolute Gasteiger partial charge is 0.258 e. The Kier molecular flexibility index (Phi) is 3.90. The molecule has 110 valence electrons. The van der Waals surface area contributed by atoms with E-state index >= 15 is 0 Å². The minimum absolute atomic E-state index is 0.0926. The van der Waals surface area contributed by atoms with E-state index in [0.717, 1.165) is 30.2 Å². The van der Waals surface area contributed by atoms with Crippen molar-refractivity contribution in [1.82, 2.24) is 14.5 Å². The van der Waals surface area contributed by atoms with Gasteiger partial charge in [-0.1, -0.05) is 37.3 Å². The van der Waals surface area contributed by atoms with Crippen LogP contribution in [0.5, 0.6) is 0 Å². The molecule has 0 saturated heterocycles. The first kappa shape index (κ1) is 14.0. The van der Waals surface area contributed by atoms with Gasteiger partial charge < -0.3 is 9.88 Å². The number of anilines is 1. The summed E-state index contributed by atoms with van der Waals surface area (Å²) in [5.74, 6) is 0.845. The van der Waals surface area contributed by atoms with Crippen LogP contribution < -0.4 is 10.9 Å². The third-order valence-corrected chi connectivity index (χ3v) is 4.10. The van der Waals surface area contributed by atoms with Crippen molar-refractivity contribution in [3.05, 3.63) is 56.6 Å². The number of rotatable bonds is 3. The average molecular weight is 302 g/mol. The van der Waals surface area contributed by atoms with Gasteiger partial charge in [-0.05, 0) is 24.3 Å². The molecule has 1 aliphatic heterocycles. The fourth-order valence-corrected chi connectivity index (χ4v) is 2.82. The number of nitrogens with one attached hydrogen (secondary N) is 2. The van der Waals surface area contributed by atoms with Crippen LogP contribution in [0.25, 0.3) is 0 Å². The molecule has 0 aliphatic carbocycles. The average Bonchev–Trinajstić information content (AvgIpc) is 2.52. The lowest BCUT2D eigenvalue weighted by atomic mass is 10.2. The molecule has 2 aromatic rings. The SMILES string of the molecule is CCN1CNc2c(c(=O)[nH]c(=S)n2Cc2ccccc2)C1. The Labute approximate surface area is 128 Å². The normalized spacial score (nSPS) is 14.5. The summed E-state index contributed by atoms with van der Waals surface area (Å²) in [5.41, 5.74) is 1.82. The second-order valence-corrected chi connectivity index (χ2v) is 5.52. The highest BCUT2D eigenvalue weighted by Gasteiger charge is 2.20. The number of fused-ring (bicyclic) bond motifs is 1. The summed E-state index contributed by atoms with van der Waals surface area (Å²) in [5, 5.41) is 3.34. The van der Waals surface area contributed by atoms with Gasteiger partial charge in [0.05, 0.1) is 18.8 Å². The van der Waals surface area contributed by atoms with Crippen molar-refractivity contribution in [2.75, 3.05) is 18.5 Å². The highest BCUT2D eigenvalue weighted by atomic mass is 32.1. The highest BCUT2D eigenvalue weighted by molar-refractivity contribution is 7.71. The summed E-state index contributed by atoms with van der Waals surface area (Å²) in [7, 11) is 0. The van der Waals surface area contributed by atoms with Gasteiger partial charge in [-0.25, -0.2) is 0 Å². The molecule has 3 rings (SSSR count). The van der Waals surface area contributed by atoms with Crippen molar-refractivity contribution in [2.24, 2.45) is 0 Å². The minimum Gasteiger partial charge on any atom is -0.358 e. The lowest BCUT2D eigenvalue weighted by molar-refractivity contribution is 0.286. The summed E-state index contributed by atoms with van der Waals surface area (Å²) in [4.78, 5) is 17.1. The maximum atomic E-state index is 12.1. The van der Waals surface area contributed by atoms with Gasteiger partial charge >= 0.3 is 0 Å². The minimum atomic E-state index is -0.0926. The second kappa shape index (κ2) is 5.83. The second-order valence-electron chi connectivity index (χ2n) is 5.14. The summed E-state index contributed by atoms with van der Waals surface area (Å²) < 4.78 is 2.43. The molecule has 0 saturated carbocycles. The predicted molar refractivity (Wildman–Crippen MR) is 86.0 cm³/mol. The van der Waals surface area contributed by atoms with Crippen LogP contribution in [0.1, 0.15) is 18.1 Å². The first-order valence-corrected chi connectivity index (χ1v) is 7.46. The van der Waals surface area contributed by atoms with Crippen molar-refractivity contribution in [3.8, 4) is 0 Å². The lowest BCUT2D eigenvalue weighted by Gasteiger charge is -2.30. The number of hydrogen-bond donors (Lipinski definition) is 2. The monoisotopic (exact) mass is 302 g/mol. The van der Waals surface area contributed by atoms with Gasteiger partial charge in [0, 0.05) is 6.54 Å². The van der Waals surface area contributed by atoms with E-state index in [2.05, 4.69) is 34.3 Å². The Morgan fingerprint density at radius 1 is 1.29 bits per heavy atom. The van der Waals surface area contributed by atoms with E-state index in [1.165, 1.54) is 0 Å². The number of benzene rings is 1. The zero-order valence-electron chi connectivity index (χ0n) is 11.9. The Morgan fingerprint density at radius 3 is 2.76 bits per heavy atom. The molecule has 1 aromatic heterocycles. The van der Waals surface area contributed by atoms with Crippen LogP contribution in [0.4, 0.5) is 5.82 Å². The number of aromatic amines is 1. The molecular formula is C15H18N4OS. The molecule has 0 unspecified atom stereocenters. The molecule has 6 heteroatoms. The van der Waals surface area contributed by atoms with Gasteiger partial charge in [0.1, 0.15) is 5.82 Å². The molecule has 2 N–H and O–H groups in total. The van der Waals surface area contributed by atoms with E-state index in [1.807, 2.05) is 22.8 Å². The fraction of sp³-hybridized carbons (Fsp3) is 0.333. The van der Waals surface area contributed by atoms with Gasteiger partial charge in [0.2, 0.25) is 0 Å². The summed E-state index contributed by atoms with van der Waals surface area (Å²) in [6, 6.07) is 10.1. The number of hydrogen-bond acceptors (Lipinski definition) is 4. The van der Waals surface area contributed by atoms with E-state index < -0.39 is 0 Å². The molecule has 0 fully saturated rings. The maximum Gasteiger partial charge on any atom is 0.258 e. The summed E-state index contributed by atoms with van der Waals surface area (Å²) >= 11 is 5.34. The van der Waals surface area contributed by atoms with Crippen LogP contribution in [0.15, 0.2) is 35.1 Å². The molecule has 1 aliphatic rings. The molecule has 0 spiro atoms. The lowest BCUT2D eigenvalue weighted by Crippen LogP contribution is -2.39. The predicted octanol–water partition coefficient (Wildman–Crippen LogP) is 2.16. The molecule has 21 heavy (non-hydrogen) atoms. The van der Waals surface area contributed by atoms with E-state index in [1.54, 1.807) is 0 Å². The molecule has 0 atom stereocenters. The van der Waals surface area contributed by atoms with Crippen LogP contribution in [-0.2, 0) is 13.1 Å². The summed E-state index contributed by atoms with van der Waals surface area (Å²) in [6.07, 6.45) is 0. The van der Waals surface area contributed by atoms with Gasteiger partial charge in [0.25, 0.3) is 5.56 Å². The molecule has 5 nitrogen and oxygen atoms in total.